The number of hydrogen-bond donors (Lipinski definition) is 1. The van der Waals surface area contributed by atoms with Crippen LogP contribution in [0.15, 0.2) is 0 Å². The van der Waals surface area contributed by atoms with E-state index in [4.69, 9.17) is 10.5 Å². The van der Waals surface area contributed by atoms with Crippen molar-refractivity contribution in [2.75, 3.05) is 26.2 Å². The van der Waals surface area contributed by atoms with Gasteiger partial charge in [-0.15, -0.1) is 0 Å². The maximum atomic E-state index is 5.66. The van der Waals surface area contributed by atoms with Crippen LogP contribution >= 0.6 is 0 Å². The Bertz CT molecular complexity index is 161. The average Bonchev–Trinajstić information content (AvgIpc) is 2.41. The van der Waals surface area contributed by atoms with E-state index in [0.29, 0.717) is 18.5 Å². The summed E-state index contributed by atoms with van der Waals surface area (Å²) in [5.74, 6) is 0.700. The molecule has 2 N–H and O–H groups in total. The summed E-state index contributed by atoms with van der Waals surface area (Å²) in [6.45, 7) is 10.5. The molecule has 0 spiro atoms. The van der Waals surface area contributed by atoms with Crippen LogP contribution in [0.4, 0.5) is 0 Å². The Morgan fingerprint density at radius 1 is 1.43 bits per heavy atom. The first-order chi connectivity index (χ1) is 6.65. The first kappa shape index (κ1) is 12.0. The molecule has 1 saturated heterocycles. The van der Waals surface area contributed by atoms with E-state index in [1.807, 2.05) is 0 Å². The highest BCUT2D eigenvalue weighted by atomic mass is 16.5. The third-order valence-electron chi connectivity index (χ3n) is 3.19. The Labute approximate surface area is 87.6 Å². The summed E-state index contributed by atoms with van der Waals surface area (Å²) in [5, 5.41) is 0. The molecule has 1 aliphatic rings. The second-order valence-electron chi connectivity index (χ2n) is 4.56. The lowest BCUT2D eigenvalue weighted by Crippen LogP contribution is -2.43. The summed E-state index contributed by atoms with van der Waals surface area (Å²) in [4.78, 5) is 2.51. The van der Waals surface area contributed by atoms with Crippen LogP contribution in [0.2, 0.25) is 0 Å². The van der Waals surface area contributed by atoms with Crippen molar-refractivity contribution in [3.63, 3.8) is 0 Å². The SMILES string of the molecule is CC(C)C(C)N1CCCOC(CN)C1. The zero-order valence-corrected chi connectivity index (χ0v) is 9.70. The highest BCUT2D eigenvalue weighted by Gasteiger charge is 2.22. The molecular formula is C11H24N2O. The zero-order valence-electron chi connectivity index (χ0n) is 9.70. The first-order valence-electron chi connectivity index (χ1n) is 5.71. The minimum atomic E-state index is 0.235. The van der Waals surface area contributed by atoms with Crippen LogP contribution in [0.3, 0.4) is 0 Å². The van der Waals surface area contributed by atoms with E-state index in [9.17, 15) is 0 Å². The fourth-order valence-electron chi connectivity index (χ4n) is 1.86. The molecule has 1 rings (SSSR count). The van der Waals surface area contributed by atoms with Gasteiger partial charge < -0.3 is 10.5 Å². The molecule has 3 heteroatoms. The molecule has 14 heavy (non-hydrogen) atoms. The monoisotopic (exact) mass is 200 g/mol. The van der Waals surface area contributed by atoms with E-state index < -0.39 is 0 Å². The van der Waals surface area contributed by atoms with Crippen molar-refractivity contribution in [1.29, 1.82) is 0 Å². The molecule has 0 radical (unpaired) electrons. The van der Waals surface area contributed by atoms with Gasteiger partial charge in [-0.05, 0) is 19.3 Å². The second kappa shape index (κ2) is 5.69. The van der Waals surface area contributed by atoms with E-state index in [0.717, 1.165) is 26.1 Å². The summed E-state index contributed by atoms with van der Waals surface area (Å²) >= 11 is 0. The minimum absolute atomic E-state index is 0.235. The number of ether oxygens (including phenoxy) is 1. The van der Waals surface area contributed by atoms with Crippen LogP contribution in [0.1, 0.15) is 27.2 Å². The highest BCUT2D eigenvalue weighted by Crippen LogP contribution is 2.14. The first-order valence-corrected chi connectivity index (χ1v) is 5.71. The van der Waals surface area contributed by atoms with Crippen LogP contribution in [0, 0.1) is 5.92 Å². The summed E-state index contributed by atoms with van der Waals surface area (Å²) < 4.78 is 5.65. The van der Waals surface area contributed by atoms with Crippen molar-refractivity contribution in [2.24, 2.45) is 11.7 Å². The quantitative estimate of drug-likeness (QED) is 0.741. The van der Waals surface area contributed by atoms with Crippen LogP contribution in [-0.2, 0) is 4.74 Å². The van der Waals surface area contributed by atoms with Crippen molar-refractivity contribution < 1.29 is 4.74 Å². The molecule has 0 aromatic carbocycles. The van der Waals surface area contributed by atoms with Gasteiger partial charge >= 0.3 is 0 Å². The van der Waals surface area contributed by atoms with E-state index in [2.05, 4.69) is 25.7 Å². The van der Waals surface area contributed by atoms with Gasteiger partial charge in [0.1, 0.15) is 0 Å². The van der Waals surface area contributed by atoms with Crippen LogP contribution in [0.25, 0.3) is 0 Å². The maximum absolute atomic E-state index is 5.66. The van der Waals surface area contributed by atoms with Gasteiger partial charge in [0.2, 0.25) is 0 Å². The van der Waals surface area contributed by atoms with Gasteiger partial charge in [0.25, 0.3) is 0 Å². The maximum Gasteiger partial charge on any atom is 0.0824 e. The lowest BCUT2D eigenvalue weighted by Gasteiger charge is -2.31. The van der Waals surface area contributed by atoms with E-state index >= 15 is 0 Å². The number of rotatable bonds is 3. The Morgan fingerprint density at radius 3 is 2.71 bits per heavy atom. The van der Waals surface area contributed by atoms with Crippen molar-refractivity contribution in [2.45, 2.75) is 39.3 Å². The molecule has 2 unspecified atom stereocenters. The lowest BCUT2D eigenvalue weighted by molar-refractivity contribution is 0.0510. The second-order valence-corrected chi connectivity index (χ2v) is 4.56. The smallest absolute Gasteiger partial charge is 0.0824 e. The fraction of sp³-hybridized carbons (Fsp3) is 1.00. The molecule has 84 valence electrons. The molecule has 0 aliphatic carbocycles. The predicted molar refractivity (Wildman–Crippen MR) is 59.3 cm³/mol. The number of hydrogen-bond acceptors (Lipinski definition) is 3. The molecule has 1 fully saturated rings. The summed E-state index contributed by atoms with van der Waals surface area (Å²) in [7, 11) is 0. The standard InChI is InChI=1S/C11H24N2O/c1-9(2)10(3)13-5-4-6-14-11(7-12)8-13/h9-11H,4-8,12H2,1-3H3. The zero-order chi connectivity index (χ0) is 10.6. The van der Waals surface area contributed by atoms with Crippen molar-refractivity contribution in [3.8, 4) is 0 Å². The van der Waals surface area contributed by atoms with Crippen molar-refractivity contribution in [3.05, 3.63) is 0 Å². The van der Waals surface area contributed by atoms with Gasteiger partial charge in [0.15, 0.2) is 0 Å². The fourth-order valence-corrected chi connectivity index (χ4v) is 1.86. The van der Waals surface area contributed by atoms with E-state index in [-0.39, 0.29) is 6.10 Å². The normalized spacial score (nSPS) is 27.6. The lowest BCUT2D eigenvalue weighted by atomic mass is 10.0. The number of nitrogens with two attached hydrogens (primary N) is 1. The molecule has 2 atom stereocenters. The Balaban J connectivity index is 2.49. The molecule has 0 saturated carbocycles. The largest absolute Gasteiger partial charge is 0.376 e. The third-order valence-corrected chi connectivity index (χ3v) is 3.19. The van der Waals surface area contributed by atoms with Gasteiger partial charge in [-0.2, -0.15) is 0 Å². The molecule has 1 heterocycles. The van der Waals surface area contributed by atoms with Crippen molar-refractivity contribution in [1.82, 2.24) is 4.90 Å². The molecule has 1 aliphatic heterocycles. The van der Waals surface area contributed by atoms with Gasteiger partial charge in [0.05, 0.1) is 6.10 Å². The molecule has 0 aromatic rings. The molecule has 3 nitrogen and oxygen atoms in total. The summed E-state index contributed by atoms with van der Waals surface area (Å²) in [6, 6.07) is 0.630. The summed E-state index contributed by atoms with van der Waals surface area (Å²) in [5.41, 5.74) is 5.66. The Hall–Kier alpha value is -0.120. The topological polar surface area (TPSA) is 38.5 Å². The third kappa shape index (κ3) is 3.23. The molecule has 0 bridgehead atoms. The van der Waals surface area contributed by atoms with Crippen LogP contribution in [-0.4, -0.2) is 43.3 Å². The average molecular weight is 200 g/mol. The highest BCUT2D eigenvalue weighted by molar-refractivity contribution is 4.76. The number of nitrogens with zero attached hydrogens (tertiary/aromatic N) is 1. The van der Waals surface area contributed by atoms with Gasteiger partial charge in [-0.1, -0.05) is 13.8 Å². The Morgan fingerprint density at radius 2 is 2.14 bits per heavy atom. The van der Waals surface area contributed by atoms with Gasteiger partial charge in [-0.3, -0.25) is 4.90 Å². The minimum Gasteiger partial charge on any atom is -0.376 e. The summed E-state index contributed by atoms with van der Waals surface area (Å²) in [6.07, 6.45) is 1.37. The van der Waals surface area contributed by atoms with Crippen LogP contribution < -0.4 is 5.73 Å². The molecule has 0 aromatic heterocycles. The van der Waals surface area contributed by atoms with Gasteiger partial charge in [0, 0.05) is 32.3 Å². The van der Waals surface area contributed by atoms with Crippen molar-refractivity contribution >= 4 is 0 Å². The Kier molecular flexibility index (Phi) is 4.85. The predicted octanol–water partition coefficient (Wildman–Crippen LogP) is 1.08. The van der Waals surface area contributed by atoms with E-state index in [1.165, 1.54) is 0 Å². The molecular weight excluding hydrogens is 176 g/mol. The van der Waals surface area contributed by atoms with Gasteiger partial charge in [-0.25, -0.2) is 0 Å². The van der Waals surface area contributed by atoms with Crippen LogP contribution in [0.5, 0.6) is 0 Å². The van der Waals surface area contributed by atoms with E-state index in [1.54, 1.807) is 0 Å². The molecule has 0 amide bonds.